The Labute approximate surface area is 78.4 Å². The SMILES string of the molecule is CCOc1nc(C)cc(C)c1CO. The minimum absolute atomic E-state index is 0.0194. The molecule has 1 heterocycles. The third kappa shape index (κ3) is 2.18. The zero-order chi connectivity index (χ0) is 9.84. The van der Waals surface area contributed by atoms with Crippen molar-refractivity contribution in [3.63, 3.8) is 0 Å². The van der Waals surface area contributed by atoms with Crippen LogP contribution in [0.3, 0.4) is 0 Å². The predicted octanol–water partition coefficient (Wildman–Crippen LogP) is 1.59. The van der Waals surface area contributed by atoms with Crippen LogP contribution in [-0.4, -0.2) is 16.7 Å². The molecular weight excluding hydrogens is 166 g/mol. The van der Waals surface area contributed by atoms with E-state index in [1.165, 1.54) is 0 Å². The number of nitrogens with zero attached hydrogens (tertiary/aromatic N) is 1. The molecule has 1 rings (SSSR count). The van der Waals surface area contributed by atoms with Gasteiger partial charge in [0.15, 0.2) is 0 Å². The summed E-state index contributed by atoms with van der Waals surface area (Å²) in [5.41, 5.74) is 2.73. The highest BCUT2D eigenvalue weighted by atomic mass is 16.5. The first kappa shape index (κ1) is 9.99. The van der Waals surface area contributed by atoms with E-state index in [9.17, 15) is 0 Å². The predicted molar refractivity (Wildman–Crippen MR) is 50.8 cm³/mol. The minimum atomic E-state index is -0.0194. The van der Waals surface area contributed by atoms with E-state index in [2.05, 4.69) is 4.98 Å². The summed E-state index contributed by atoms with van der Waals surface area (Å²) in [6.07, 6.45) is 0. The van der Waals surface area contributed by atoms with Gasteiger partial charge in [0.1, 0.15) is 0 Å². The molecule has 0 atom stereocenters. The molecular formula is C10H15NO2. The highest BCUT2D eigenvalue weighted by molar-refractivity contribution is 5.35. The van der Waals surface area contributed by atoms with Crippen molar-refractivity contribution < 1.29 is 9.84 Å². The van der Waals surface area contributed by atoms with Crippen LogP contribution in [0.15, 0.2) is 6.07 Å². The Morgan fingerprint density at radius 3 is 2.69 bits per heavy atom. The van der Waals surface area contributed by atoms with E-state index in [0.29, 0.717) is 12.5 Å². The van der Waals surface area contributed by atoms with Gasteiger partial charge in [-0.3, -0.25) is 0 Å². The van der Waals surface area contributed by atoms with Crippen molar-refractivity contribution in [2.45, 2.75) is 27.4 Å². The summed E-state index contributed by atoms with van der Waals surface area (Å²) in [5, 5.41) is 9.10. The number of ether oxygens (including phenoxy) is 1. The van der Waals surface area contributed by atoms with Gasteiger partial charge in [-0.15, -0.1) is 0 Å². The summed E-state index contributed by atoms with van der Waals surface area (Å²) in [6, 6.07) is 1.94. The summed E-state index contributed by atoms with van der Waals surface area (Å²) >= 11 is 0. The summed E-state index contributed by atoms with van der Waals surface area (Å²) in [4.78, 5) is 4.21. The first-order valence-corrected chi connectivity index (χ1v) is 4.39. The molecule has 0 saturated heterocycles. The number of pyridine rings is 1. The Hall–Kier alpha value is -1.09. The Balaban J connectivity index is 3.13. The number of hydrogen-bond donors (Lipinski definition) is 1. The molecule has 0 amide bonds. The normalized spacial score (nSPS) is 10.2. The monoisotopic (exact) mass is 181 g/mol. The number of aromatic nitrogens is 1. The third-order valence-corrected chi connectivity index (χ3v) is 1.88. The van der Waals surface area contributed by atoms with E-state index in [4.69, 9.17) is 9.84 Å². The fourth-order valence-corrected chi connectivity index (χ4v) is 1.28. The smallest absolute Gasteiger partial charge is 0.219 e. The van der Waals surface area contributed by atoms with Crippen molar-refractivity contribution in [2.75, 3.05) is 6.61 Å². The second kappa shape index (κ2) is 4.23. The maximum atomic E-state index is 9.10. The largest absolute Gasteiger partial charge is 0.478 e. The summed E-state index contributed by atoms with van der Waals surface area (Å²) in [5.74, 6) is 0.558. The van der Waals surface area contributed by atoms with Crippen LogP contribution in [0.2, 0.25) is 0 Å². The zero-order valence-electron chi connectivity index (χ0n) is 8.29. The molecule has 0 bridgehead atoms. The van der Waals surface area contributed by atoms with Gasteiger partial charge >= 0.3 is 0 Å². The van der Waals surface area contributed by atoms with Gasteiger partial charge in [-0.1, -0.05) is 0 Å². The van der Waals surface area contributed by atoms with Crippen LogP contribution in [0.25, 0.3) is 0 Å². The molecule has 3 heteroatoms. The number of aliphatic hydroxyl groups is 1. The lowest BCUT2D eigenvalue weighted by Crippen LogP contribution is -2.02. The molecule has 0 fully saturated rings. The third-order valence-electron chi connectivity index (χ3n) is 1.88. The summed E-state index contributed by atoms with van der Waals surface area (Å²) in [6.45, 7) is 6.32. The zero-order valence-corrected chi connectivity index (χ0v) is 8.29. The Morgan fingerprint density at radius 1 is 1.46 bits per heavy atom. The van der Waals surface area contributed by atoms with Gasteiger partial charge in [0.25, 0.3) is 0 Å². The Morgan fingerprint density at radius 2 is 2.15 bits per heavy atom. The average molecular weight is 181 g/mol. The fraction of sp³-hybridized carbons (Fsp3) is 0.500. The van der Waals surface area contributed by atoms with Crippen LogP contribution in [-0.2, 0) is 6.61 Å². The Kier molecular flexibility index (Phi) is 3.25. The van der Waals surface area contributed by atoms with E-state index < -0.39 is 0 Å². The average Bonchev–Trinajstić information content (AvgIpc) is 2.04. The van der Waals surface area contributed by atoms with Crippen molar-refractivity contribution in [1.82, 2.24) is 4.98 Å². The van der Waals surface area contributed by atoms with E-state index in [0.717, 1.165) is 16.8 Å². The van der Waals surface area contributed by atoms with E-state index in [1.807, 2.05) is 26.8 Å². The molecule has 1 aromatic heterocycles. The lowest BCUT2D eigenvalue weighted by Gasteiger charge is -2.10. The van der Waals surface area contributed by atoms with E-state index in [-0.39, 0.29) is 6.61 Å². The molecule has 3 nitrogen and oxygen atoms in total. The first-order valence-electron chi connectivity index (χ1n) is 4.39. The van der Waals surface area contributed by atoms with Crippen molar-refractivity contribution in [3.05, 3.63) is 22.9 Å². The van der Waals surface area contributed by atoms with Crippen LogP contribution >= 0.6 is 0 Å². The van der Waals surface area contributed by atoms with E-state index >= 15 is 0 Å². The molecule has 0 spiro atoms. The molecule has 0 aromatic carbocycles. The van der Waals surface area contributed by atoms with Gasteiger partial charge in [0.05, 0.1) is 13.2 Å². The molecule has 72 valence electrons. The second-order valence-electron chi connectivity index (χ2n) is 2.96. The highest BCUT2D eigenvalue weighted by Crippen LogP contribution is 2.20. The van der Waals surface area contributed by atoms with Gasteiger partial charge < -0.3 is 9.84 Å². The van der Waals surface area contributed by atoms with Gasteiger partial charge in [-0.2, -0.15) is 0 Å². The van der Waals surface area contributed by atoms with Crippen LogP contribution in [0.4, 0.5) is 0 Å². The quantitative estimate of drug-likeness (QED) is 0.770. The van der Waals surface area contributed by atoms with Crippen molar-refractivity contribution in [3.8, 4) is 5.88 Å². The lowest BCUT2D eigenvalue weighted by molar-refractivity contribution is 0.261. The molecule has 0 aliphatic heterocycles. The lowest BCUT2D eigenvalue weighted by atomic mass is 10.1. The molecule has 0 aliphatic rings. The van der Waals surface area contributed by atoms with Crippen LogP contribution < -0.4 is 4.74 Å². The van der Waals surface area contributed by atoms with Gasteiger partial charge in [0.2, 0.25) is 5.88 Å². The number of aryl methyl sites for hydroxylation is 2. The summed E-state index contributed by atoms with van der Waals surface area (Å²) < 4.78 is 5.32. The van der Waals surface area contributed by atoms with Crippen molar-refractivity contribution in [2.24, 2.45) is 0 Å². The first-order chi connectivity index (χ1) is 6.19. The van der Waals surface area contributed by atoms with Crippen LogP contribution in [0.1, 0.15) is 23.7 Å². The van der Waals surface area contributed by atoms with Gasteiger partial charge in [0, 0.05) is 11.3 Å². The van der Waals surface area contributed by atoms with Gasteiger partial charge in [-0.25, -0.2) is 4.98 Å². The van der Waals surface area contributed by atoms with Crippen molar-refractivity contribution in [1.29, 1.82) is 0 Å². The fourth-order valence-electron chi connectivity index (χ4n) is 1.28. The van der Waals surface area contributed by atoms with E-state index in [1.54, 1.807) is 0 Å². The second-order valence-corrected chi connectivity index (χ2v) is 2.96. The molecule has 0 radical (unpaired) electrons. The molecule has 1 aromatic rings. The number of hydrogen-bond acceptors (Lipinski definition) is 3. The number of aliphatic hydroxyl groups excluding tert-OH is 1. The molecule has 0 aliphatic carbocycles. The minimum Gasteiger partial charge on any atom is -0.478 e. The summed E-state index contributed by atoms with van der Waals surface area (Å²) in [7, 11) is 0. The number of rotatable bonds is 3. The molecule has 1 N–H and O–H groups in total. The van der Waals surface area contributed by atoms with Crippen LogP contribution in [0.5, 0.6) is 5.88 Å². The molecule has 13 heavy (non-hydrogen) atoms. The maximum Gasteiger partial charge on any atom is 0.219 e. The standard InChI is InChI=1S/C10H15NO2/c1-4-13-10-9(6-12)7(2)5-8(3)11-10/h5,12H,4,6H2,1-3H3. The van der Waals surface area contributed by atoms with Gasteiger partial charge in [-0.05, 0) is 32.4 Å². The van der Waals surface area contributed by atoms with Crippen molar-refractivity contribution >= 4 is 0 Å². The topological polar surface area (TPSA) is 42.4 Å². The molecule has 0 unspecified atom stereocenters. The van der Waals surface area contributed by atoms with Crippen LogP contribution in [0, 0.1) is 13.8 Å². The molecule has 0 saturated carbocycles. The maximum absolute atomic E-state index is 9.10. The Bertz CT molecular complexity index is 297. The highest BCUT2D eigenvalue weighted by Gasteiger charge is 2.07.